The molecule has 1 aliphatic heterocycles. The van der Waals surface area contributed by atoms with Crippen LogP contribution in [0.2, 0.25) is 5.02 Å². The molecular formula is C40H57ClN4O4. The summed E-state index contributed by atoms with van der Waals surface area (Å²) in [5.41, 5.74) is 2.49. The largest absolute Gasteiger partial charge is 0.493 e. The Morgan fingerprint density at radius 1 is 0.816 bits per heavy atom. The van der Waals surface area contributed by atoms with Crippen molar-refractivity contribution in [1.29, 1.82) is 0 Å². The third kappa shape index (κ3) is 11.2. The maximum absolute atomic E-state index is 13.8. The van der Waals surface area contributed by atoms with Crippen molar-refractivity contribution in [2.45, 2.75) is 129 Å². The number of fused-ring (bicyclic) bond motifs is 1. The van der Waals surface area contributed by atoms with Crippen LogP contribution in [-0.4, -0.2) is 42.4 Å². The molecule has 1 unspecified atom stereocenters. The predicted molar refractivity (Wildman–Crippen MR) is 199 cm³/mol. The fourth-order valence-corrected chi connectivity index (χ4v) is 7.03. The van der Waals surface area contributed by atoms with Crippen molar-refractivity contribution >= 4 is 29.1 Å². The summed E-state index contributed by atoms with van der Waals surface area (Å²) in [5, 5.41) is 8.34. The lowest BCUT2D eigenvalue weighted by molar-refractivity contribution is 0.0931. The number of unbranched alkanes of at least 4 members (excludes halogenated alkanes) is 15. The molecule has 4 rings (SSSR count). The van der Waals surface area contributed by atoms with E-state index >= 15 is 0 Å². The fourth-order valence-electron chi connectivity index (χ4n) is 6.81. The number of carbonyl (C=O) groups is 2. The second-order valence-electron chi connectivity index (χ2n) is 13.3. The van der Waals surface area contributed by atoms with Gasteiger partial charge in [0, 0.05) is 18.7 Å². The van der Waals surface area contributed by atoms with Crippen LogP contribution in [0, 0.1) is 0 Å². The van der Waals surface area contributed by atoms with Crippen molar-refractivity contribution in [3.63, 3.8) is 0 Å². The third-order valence-corrected chi connectivity index (χ3v) is 9.97. The standard InChI is InChI=1S/C40H57ClN4O4/c1-4-5-6-7-8-9-10-11-12-13-14-15-16-17-18-21-27-45-38-34(43-39(46)32-22-19-20-23-33(32)41)26-28-44(35(38)30-42-45)40(47)31-24-25-36(48-2)37(29-31)49-3/h19-20,22-25,29-30,34H,4-18,21,26-28H2,1-3H3,(H,43,46). The molecule has 1 atom stereocenters. The molecule has 8 nitrogen and oxygen atoms in total. The van der Waals surface area contributed by atoms with Gasteiger partial charge in [-0.3, -0.25) is 14.3 Å². The number of benzene rings is 2. The molecule has 0 fully saturated rings. The highest BCUT2D eigenvalue weighted by molar-refractivity contribution is 6.33. The zero-order chi connectivity index (χ0) is 34.8. The van der Waals surface area contributed by atoms with Gasteiger partial charge in [0.2, 0.25) is 0 Å². The number of anilines is 1. The number of carbonyl (C=O) groups excluding carboxylic acids is 2. The SMILES string of the molecule is CCCCCCCCCCCCCCCCCCn1ncc2c1C(NC(=O)c1ccccc1Cl)CCN2C(=O)c1ccc(OC)c(OC)c1. The van der Waals surface area contributed by atoms with Gasteiger partial charge in [-0.25, -0.2) is 0 Å². The highest BCUT2D eigenvalue weighted by Crippen LogP contribution is 2.36. The monoisotopic (exact) mass is 692 g/mol. The first-order valence-electron chi connectivity index (χ1n) is 18.6. The van der Waals surface area contributed by atoms with Crippen molar-refractivity contribution < 1.29 is 19.1 Å². The highest BCUT2D eigenvalue weighted by Gasteiger charge is 2.34. The van der Waals surface area contributed by atoms with Crippen molar-refractivity contribution in [2.75, 3.05) is 25.7 Å². The molecular weight excluding hydrogens is 636 g/mol. The zero-order valence-corrected chi connectivity index (χ0v) is 30.7. The average molecular weight is 693 g/mol. The first kappa shape index (κ1) is 38.3. The average Bonchev–Trinajstić information content (AvgIpc) is 3.55. The van der Waals surface area contributed by atoms with Gasteiger partial charge in [-0.15, -0.1) is 0 Å². The highest BCUT2D eigenvalue weighted by atomic mass is 35.5. The second kappa shape index (κ2) is 20.9. The molecule has 1 N–H and O–H groups in total. The number of nitrogens with zero attached hydrogens (tertiary/aromatic N) is 3. The molecule has 0 aliphatic carbocycles. The maximum Gasteiger partial charge on any atom is 0.258 e. The number of nitrogens with one attached hydrogen (secondary N) is 1. The van der Waals surface area contributed by atoms with Crippen LogP contribution in [-0.2, 0) is 6.54 Å². The number of halogens is 1. The molecule has 0 bridgehead atoms. The van der Waals surface area contributed by atoms with Crippen LogP contribution in [0.1, 0.15) is 149 Å². The van der Waals surface area contributed by atoms with Crippen LogP contribution in [0.25, 0.3) is 0 Å². The van der Waals surface area contributed by atoms with Gasteiger partial charge >= 0.3 is 0 Å². The van der Waals surface area contributed by atoms with Gasteiger partial charge in [0.05, 0.1) is 48.4 Å². The Labute approximate surface area is 298 Å². The normalized spacial score (nSPS) is 14.0. The minimum Gasteiger partial charge on any atom is -0.493 e. The van der Waals surface area contributed by atoms with Crippen LogP contribution < -0.4 is 19.7 Å². The van der Waals surface area contributed by atoms with Gasteiger partial charge in [-0.2, -0.15) is 5.10 Å². The van der Waals surface area contributed by atoms with E-state index in [0.717, 1.165) is 25.1 Å². The fraction of sp³-hybridized carbons (Fsp3) is 0.575. The van der Waals surface area contributed by atoms with E-state index in [4.69, 9.17) is 26.2 Å². The van der Waals surface area contributed by atoms with E-state index in [1.807, 2.05) is 10.7 Å². The van der Waals surface area contributed by atoms with E-state index in [1.165, 1.54) is 89.9 Å². The van der Waals surface area contributed by atoms with E-state index < -0.39 is 0 Å². The van der Waals surface area contributed by atoms with Gasteiger partial charge in [0.15, 0.2) is 11.5 Å². The smallest absolute Gasteiger partial charge is 0.258 e. The van der Waals surface area contributed by atoms with Gasteiger partial charge < -0.3 is 19.7 Å². The second-order valence-corrected chi connectivity index (χ2v) is 13.7. The Hall–Kier alpha value is -3.52. The minimum atomic E-state index is -0.309. The van der Waals surface area contributed by atoms with E-state index in [9.17, 15) is 9.59 Å². The number of amides is 2. The molecule has 1 aliphatic rings. The van der Waals surface area contributed by atoms with Crippen LogP contribution in [0.5, 0.6) is 11.5 Å². The van der Waals surface area contributed by atoms with E-state index in [2.05, 4.69) is 12.2 Å². The summed E-state index contributed by atoms with van der Waals surface area (Å²) < 4.78 is 12.8. The number of hydrogen-bond donors (Lipinski definition) is 1. The van der Waals surface area contributed by atoms with E-state index in [1.54, 1.807) is 61.7 Å². The van der Waals surface area contributed by atoms with Crippen LogP contribution in [0.4, 0.5) is 5.69 Å². The van der Waals surface area contributed by atoms with Crippen LogP contribution in [0.3, 0.4) is 0 Å². The number of aryl methyl sites for hydroxylation is 1. The molecule has 2 heterocycles. The summed E-state index contributed by atoms with van der Waals surface area (Å²) in [5.74, 6) is 0.665. The maximum atomic E-state index is 13.8. The minimum absolute atomic E-state index is 0.153. The third-order valence-electron chi connectivity index (χ3n) is 9.65. The lowest BCUT2D eigenvalue weighted by Crippen LogP contribution is -2.41. The Balaban J connectivity index is 1.31. The first-order valence-corrected chi connectivity index (χ1v) is 19.0. The molecule has 49 heavy (non-hydrogen) atoms. The molecule has 2 aromatic carbocycles. The van der Waals surface area contributed by atoms with Gasteiger partial charge in [-0.1, -0.05) is 127 Å². The molecule has 9 heteroatoms. The summed E-state index contributed by atoms with van der Waals surface area (Å²) in [6, 6.07) is 11.9. The first-order chi connectivity index (χ1) is 24.0. The molecule has 0 saturated heterocycles. The van der Waals surface area contributed by atoms with E-state index in [-0.39, 0.29) is 17.9 Å². The Kier molecular flexibility index (Phi) is 16.3. The molecule has 268 valence electrons. The Bertz CT molecular complexity index is 1460. The quantitative estimate of drug-likeness (QED) is 0.106. The summed E-state index contributed by atoms with van der Waals surface area (Å²) in [7, 11) is 3.13. The van der Waals surface area contributed by atoms with Crippen molar-refractivity contribution in [3.05, 3.63) is 70.5 Å². The number of methoxy groups -OCH3 is 2. The molecule has 0 radical (unpaired) electrons. The Morgan fingerprint density at radius 2 is 1.41 bits per heavy atom. The summed E-state index contributed by atoms with van der Waals surface area (Å²) in [6.07, 6.45) is 23.4. The number of ether oxygens (including phenoxy) is 2. The van der Waals surface area contributed by atoms with Crippen molar-refractivity contribution in [1.82, 2.24) is 15.1 Å². The molecule has 0 spiro atoms. The van der Waals surface area contributed by atoms with Crippen molar-refractivity contribution in [3.8, 4) is 11.5 Å². The number of rotatable bonds is 22. The number of hydrogen-bond acceptors (Lipinski definition) is 5. The molecule has 1 aromatic heterocycles. The predicted octanol–water partition coefficient (Wildman–Crippen LogP) is 10.3. The summed E-state index contributed by atoms with van der Waals surface area (Å²) >= 11 is 6.36. The molecule has 3 aromatic rings. The zero-order valence-electron chi connectivity index (χ0n) is 30.0. The lowest BCUT2D eigenvalue weighted by atomic mass is 10.0. The summed E-state index contributed by atoms with van der Waals surface area (Å²) in [4.78, 5) is 28.9. The van der Waals surface area contributed by atoms with Crippen LogP contribution in [0.15, 0.2) is 48.7 Å². The lowest BCUT2D eigenvalue weighted by Gasteiger charge is -2.33. The van der Waals surface area contributed by atoms with Gasteiger partial charge in [0.25, 0.3) is 11.8 Å². The van der Waals surface area contributed by atoms with Crippen molar-refractivity contribution in [2.24, 2.45) is 0 Å². The Morgan fingerprint density at radius 3 is 2.00 bits per heavy atom. The van der Waals surface area contributed by atoms with E-state index in [0.29, 0.717) is 46.3 Å². The topological polar surface area (TPSA) is 85.7 Å². The van der Waals surface area contributed by atoms with Crippen LogP contribution >= 0.6 is 11.6 Å². The summed E-state index contributed by atoms with van der Waals surface area (Å²) in [6.45, 7) is 3.43. The van der Waals surface area contributed by atoms with Gasteiger partial charge in [0.1, 0.15) is 0 Å². The van der Waals surface area contributed by atoms with Gasteiger partial charge in [-0.05, 0) is 43.2 Å². The number of aromatic nitrogens is 2. The molecule has 0 saturated carbocycles. The molecule has 2 amide bonds.